The van der Waals surface area contributed by atoms with E-state index in [0.29, 0.717) is 19.3 Å². The van der Waals surface area contributed by atoms with Gasteiger partial charge in [0.2, 0.25) is 5.91 Å². The molecule has 0 radical (unpaired) electrons. The van der Waals surface area contributed by atoms with Gasteiger partial charge in [0.15, 0.2) is 0 Å². The third-order valence-electron chi connectivity index (χ3n) is 12.2. The summed E-state index contributed by atoms with van der Waals surface area (Å²) < 4.78 is 5.82. The van der Waals surface area contributed by atoms with Crippen molar-refractivity contribution < 1.29 is 24.5 Å². The largest absolute Gasteiger partial charge is 0.458 e. The van der Waals surface area contributed by atoms with E-state index in [1.54, 1.807) is 6.08 Å². The zero-order valence-corrected chi connectivity index (χ0v) is 43.3. The van der Waals surface area contributed by atoms with Gasteiger partial charge in [-0.15, -0.1) is 0 Å². The minimum Gasteiger partial charge on any atom is -0.458 e. The standard InChI is InChI=1S/C60H105NO5/c1-4-7-10-13-16-19-22-25-28-30-31-34-37-40-43-46-49-52-58(63)57(55-62)61-59(64)54-56(51-48-45-42-39-36-33-27-24-21-18-15-12-9-6-3)66-60(65)53-50-47-44-41-38-35-32-29-26-23-20-17-14-11-8-5-2/h9,12,18,21,27,29,32-33,35,38-39,42,48,51,56-58,62-63H,4-8,10-11,13-17,19-20,22-26,28,30-31,34,36-37,40-41,43-47,49-50,52-55H2,1-3H3,(H,61,64)/b12-9+,21-18+,32-29+,33-27+,38-35+,42-39+,51-48+. The maximum Gasteiger partial charge on any atom is 0.306 e. The van der Waals surface area contributed by atoms with Gasteiger partial charge in [-0.05, 0) is 76.7 Å². The molecule has 6 nitrogen and oxygen atoms in total. The van der Waals surface area contributed by atoms with E-state index in [0.717, 1.165) is 77.0 Å². The van der Waals surface area contributed by atoms with Crippen LogP contribution in [0.25, 0.3) is 0 Å². The van der Waals surface area contributed by atoms with E-state index < -0.39 is 18.2 Å². The number of carbonyl (C=O) groups excluding carboxylic acids is 2. The molecule has 3 N–H and O–H groups in total. The quantitative estimate of drug-likeness (QED) is 0.0245. The molecule has 0 saturated heterocycles. The first-order chi connectivity index (χ1) is 32.5. The summed E-state index contributed by atoms with van der Waals surface area (Å²) in [5.41, 5.74) is 0. The van der Waals surface area contributed by atoms with Crippen LogP contribution in [0.15, 0.2) is 85.1 Å². The van der Waals surface area contributed by atoms with Crippen LogP contribution >= 0.6 is 0 Å². The number of ether oxygens (including phenoxy) is 1. The van der Waals surface area contributed by atoms with Gasteiger partial charge in [0.05, 0.1) is 25.2 Å². The summed E-state index contributed by atoms with van der Waals surface area (Å²) in [6, 6.07) is -0.752. The molecular formula is C60H105NO5. The molecular weight excluding hydrogens is 815 g/mol. The lowest BCUT2D eigenvalue weighted by molar-refractivity contribution is -0.148. The maximum absolute atomic E-state index is 13.2. The molecule has 0 fully saturated rings. The Morgan fingerprint density at radius 1 is 0.485 bits per heavy atom. The number of esters is 1. The van der Waals surface area contributed by atoms with Crippen molar-refractivity contribution >= 4 is 11.9 Å². The predicted molar refractivity (Wildman–Crippen MR) is 287 cm³/mol. The van der Waals surface area contributed by atoms with E-state index in [2.05, 4.69) is 99.0 Å². The Hall–Kier alpha value is -2.96. The molecule has 0 aliphatic rings. The van der Waals surface area contributed by atoms with E-state index in [4.69, 9.17) is 4.74 Å². The predicted octanol–water partition coefficient (Wildman–Crippen LogP) is 17.1. The van der Waals surface area contributed by atoms with E-state index in [-0.39, 0.29) is 24.9 Å². The topological polar surface area (TPSA) is 95.9 Å². The van der Waals surface area contributed by atoms with Gasteiger partial charge in [0.1, 0.15) is 6.10 Å². The van der Waals surface area contributed by atoms with Crippen LogP contribution < -0.4 is 5.32 Å². The van der Waals surface area contributed by atoms with Crippen LogP contribution in [0.3, 0.4) is 0 Å². The smallest absolute Gasteiger partial charge is 0.306 e. The second-order valence-electron chi connectivity index (χ2n) is 18.6. The van der Waals surface area contributed by atoms with Crippen LogP contribution in [0.1, 0.15) is 258 Å². The molecule has 0 aromatic heterocycles. The second-order valence-corrected chi connectivity index (χ2v) is 18.6. The summed E-state index contributed by atoms with van der Waals surface area (Å²) in [4.78, 5) is 26.1. The Bertz CT molecular complexity index is 1260. The molecule has 3 unspecified atom stereocenters. The molecule has 0 rings (SSSR count). The summed E-state index contributed by atoms with van der Waals surface area (Å²) >= 11 is 0. The van der Waals surface area contributed by atoms with Crippen molar-refractivity contribution in [1.29, 1.82) is 0 Å². The molecule has 0 saturated carbocycles. The van der Waals surface area contributed by atoms with E-state index in [9.17, 15) is 19.8 Å². The lowest BCUT2D eigenvalue weighted by atomic mass is 10.0. The fourth-order valence-electron chi connectivity index (χ4n) is 8.03. The average Bonchev–Trinajstić information content (AvgIpc) is 3.31. The Kier molecular flexibility index (Phi) is 50.6. The normalized spacial score (nSPS) is 13.8. The van der Waals surface area contributed by atoms with Gasteiger partial charge in [-0.25, -0.2) is 0 Å². The Balaban J connectivity index is 4.70. The van der Waals surface area contributed by atoms with E-state index >= 15 is 0 Å². The number of aliphatic hydroxyl groups is 2. The molecule has 0 heterocycles. The van der Waals surface area contributed by atoms with E-state index in [1.165, 1.54) is 135 Å². The number of allylic oxidation sites excluding steroid dienone is 13. The minimum atomic E-state index is -0.828. The van der Waals surface area contributed by atoms with Crippen LogP contribution in [0.5, 0.6) is 0 Å². The van der Waals surface area contributed by atoms with Gasteiger partial charge in [-0.3, -0.25) is 9.59 Å². The zero-order valence-electron chi connectivity index (χ0n) is 43.3. The Labute approximate surface area is 408 Å². The number of unbranched alkanes of at least 4 members (excludes halogenated alkanes) is 26. The molecule has 1 amide bonds. The van der Waals surface area contributed by atoms with Crippen LogP contribution in [0, 0.1) is 0 Å². The van der Waals surface area contributed by atoms with Crippen LogP contribution in [-0.4, -0.2) is 46.9 Å². The van der Waals surface area contributed by atoms with Crippen molar-refractivity contribution in [2.24, 2.45) is 0 Å². The number of rotatable bonds is 49. The molecule has 380 valence electrons. The molecule has 0 bridgehead atoms. The fraction of sp³-hybridized carbons (Fsp3) is 0.733. The van der Waals surface area contributed by atoms with Crippen LogP contribution in [-0.2, 0) is 14.3 Å². The SMILES string of the molecule is CC/C=C/C/C=C/C/C=C/C/C=C/C/C=C/C(CC(=O)NC(CO)C(O)CCCCCCCCCCCCCCCCCCC)OC(=O)CCCCC/C=C/C=C/CCCCCCCCC. The van der Waals surface area contributed by atoms with Crippen molar-refractivity contribution in [3.63, 3.8) is 0 Å². The number of hydrogen-bond donors (Lipinski definition) is 3. The first-order valence-electron chi connectivity index (χ1n) is 27.8. The van der Waals surface area contributed by atoms with Gasteiger partial charge in [0, 0.05) is 6.42 Å². The molecule has 0 spiro atoms. The number of aliphatic hydroxyl groups excluding tert-OH is 2. The van der Waals surface area contributed by atoms with Crippen LogP contribution in [0.2, 0.25) is 0 Å². The highest BCUT2D eigenvalue weighted by Crippen LogP contribution is 2.16. The van der Waals surface area contributed by atoms with Crippen LogP contribution in [0.4, 0.5) is 0 Å². The average molecular weight is 921 g/mol. The summed E-state index contributed by atoms with van der Waals surface area (Å²) in [6.07, 6.45) is 69.7. The maximum atomic E-state index is 13.2. The van der Waals surface area contributed by atoms with Crippen molar-refractivity contribution in [3.8, 4) is 0 Å². The Morgan fingerprint density at radius 2 is 0.879 bits per heavy atom. The lowest BCUT2D eigenvalue weighted by Gasteiger charge is -2.23. The van der Waals surface area contributed by atoms with Crippen molar-refractivity contribution in [2.45, 2.75) is 277 Å². The number of hydrogen-bond acceptors (Lipinski definition) is 5. The molecule has 3 atom stereocenters. The lowest BCUT2D eigenvalue weighted by Crippen LogP contribution is -2.46. The molecule has 6 heteroatoms. The highest BCUT2D eigenvalue weighted by molar-refractivity contribution is 5.78. The van der Waals surface area contributed by atoms with E-state index in [1.807, 2.05) is 6.08 Å². The molecule has 0 aromatic rings. The molecule has 0 aromatic carbocycles. The highest BCUT2D eigenvalue weighted by atomic mass is 16.5. The van der Waals surface area contributed by atoms with Gasteiger partial charge >= 0.3 is 5.97 Å². The number of carbonyl (C=O) groups is 2. The summed E-state index contributed by atoms with van der Waals surface area (Å²) in [7, 11) is 0. The third-order valence-corrected chi connectivity index (χ3v) is 12.2. The zero-order chi connectivity index (χ0) is 48.1. The Morgan fingerprint density at radius 3 is 1.32 bits per heavy atom. The van der Waals surface area contributed by atoms with Gasteiger partial charge < -0.3 is 20.3 Å². The summed E-state index contributed by atoms with van der Waals surface area (Å²) in [5, 5.41) is 23.8. The first-order valence-corrected chi connectivity index (χ1v) is 27.8. The number of nitrogens with one attached hydrogen (secondary N) is 1. The minimum absolute atomic E-state index is 0.0595. The monoisotopic (exact) mass is 920 g/mol. The van der Waals surface area contributed by atoms with Crippen molar-refractivity contribution in [3.05, 3.63) is 85.1 Å². The van der Waals surface area contributed by atoms with Crippen molar-refractivity contribution in [2.75, 3.05) is 6.61 Å². The molecule has 0 aliphatic carbocycles. The summed E-state index contributed by atoms with van der Waals surface area (Å²) in [6.45, 7) is 6.33. The summed E-state index contributed by atoms with van der Waals surface area (Å²) in [5.74, 6) is -0.660. The second kappa shape index (κ2) is 53.0. The third kappa shape index (κ3) is 47.5. The molecule has 66 heavy (non-hydrogen) atoms. The van der Waals surface area contributed by atoms with Gasteiger partial charge in [-0.1, -0.05) is 254 Å². The fourth-order valence-corrected chi connectivity index (χ4v) is 8.03. The van der Waals surface area contributed by atoms with Gasteiger partial charge in [0.25, 0.3) is 0 Å². The molecule has 0 aliphatic heterocycles. The highest BCUT2D eigenvalue weighted by Gasteiger charge is 2.23. The van der Waals surface area contributed by atoms with Gasteiger partial charge in [-0.2, -0.15) is 0 Å². The number of amides is 1. The first kappa shape index (κ1) is 63.0. The van der Waals surface area contributed by atoms with Crippen molar-refractivity contribution in [1.82, 2.24) is 5.32 Å².